The first kappa shape index (κ1) is 11.0. The molecule has 2 unspecified atom stereocenters. The third kappa shape index (κ3) is 2.45. The maximum absolute atomic E-state index is 11.9. The molecule has 1 fully saturated rings. The molecule has 0 spiro atoms. The quantitative estimate of drug-likeness (QED) is 0.695. The van der Waals surface area contributed by atoms with E-state index < -0.39 is 5.54 Å². The van der Waals surface area contributed by atoms with Crippen LogP contribution in [0, 0.1) is 0 Å². The Hall–Kier alpha value is -0.0600. The van der Waals surface area contributed by atoms with Crippen LogP contribution in [0.1, 0.15) is 19.8 Å². The zero-order valence-corrected chi connectivity index (χ0v) is 9.12. The van der Waals surface area contributed by atoms with Gasteiger partial charge in [-0.25, -0.2) is 0 Å². The van der Waals surface area contributed by atoms with Crippen molar-refractivity contribution >= 4 is 17.5 Å². The van der Waals surface area contributed by atoms with Crippen molar-refractivity contribution in [2.45, 2.75) is 30.6 Å². The molecule has 3 nitrogen and oxygen atoms in total. The van der Waals surface area contributed by atoms with Gasteiger partial charge in [0.1, 0.15) is 0 Å². The van der Waals surface area contributed by atoms with E-state index in [0.29, 0.717) is 6.54 Å². The summed E-state index contributed by atoms with van der Waals surface area (Å²) < 4.78 is 0. The molecule has 1 heterocycles. The summed E-state index contributed by atoms with van der Waals surface area (Å²) in [4.78, 5) is 11.9. The van der Waals surface area contributed by atoms with Crippen molar-refractivity contribution in [2.75, 3.05) is 19.3 Å². The lowest BCUT2D eigenvalue weighted by atomic mass is 9.86. The van der Waals surface area contributed by atoms with Crippen LogP contribution in [0.2, 0.25) is 0 Å². The summed E-state index contributed by atoms with van der Waals surface area (Å²) in [7, 11) is 0. The van der Waals surface area contributed by atoms with Crippen LogP contribution in [-0.4, -0.2) is 35.9 Å². The third-order valence-corrected chi connectivity index (χ3v) is 3.55. The maximum atomic E-state index is 11.9. The Bertz CT molecular complexity index is 190. The second-order valence-electron chi connectivity index (χ2n) is 3.68. The largest absolute Gasteiger partial charge is 0.318 e. The molecule has 0 radical (unpaired) electrons. The average Bonchev–Trinajstić information content (AvgIpc) is 2.16. The number of thioether (sulfide) groups is 1. The minimum atomic E-state index is -0.610. The molecule has 76 valence electrons. The van der Waals surface area contributed by atoms with Gasteiger partial charge in [-0.15, -0.1) is 0 Å². The molecule has 0 bridgehead atoms. The van der Waals surface area contributed by atoms with Crippen molar-refractivity contribution in [3.05, 3.63) is 0 Å². The Morgan fingerprint density at radius 1 is 1.69 bits per heavy atom. The van der Waals surface area contributed by atoms with Gasteiger partial charge in [0.2, 0.25) is 0 Å². The van der Waals surface area contributed by atoms with Crippen LogP contribution in [0.4, 0.5) is 0 Å². The maximum Gasteiger partial charge on any atom is 0.166 e. The summed E-state index contributed by atoms with van der Waals surface area (Å²) in [6, 6.07) is 0. The molecule has 2 atom stereocenters. The van der Waals surface area contributed by atoms with Crippen molar-refractivity contribution in [3.8, 4) is 0 Å². The van der Waals surface area contributed by atoms with Gasteiger partial charge in [-0.2, -0.15) is 11.8 Å². The van der Waals surface area contributed by atoms with E-state index in [1.165, 1.54) is 0 Å². The van der Waals surface area contributed by atoms with Crippen LogP contribution >= 0.6 is 11.8 Å². The minimum absolute atomic E-state index is 0.0184. The molecule has 0 amide bonds. The van der Waals surface area contributed by atoms with Crippen LogP contribution in [0.15, 0.2) is 0 Å². The number of Topliss-reactive ketones (excluding diaryl/α,β-unsaturated/α-hetero) is 1. The van der Waals surface area contributed by atoms with Crippen LogP contribution < -0.4 is 11.1 Å². The van der Waals surface area contributed by atoms with E-state index in [0.717, 1.165) is 19.4 Å². The Kier molecular flexibility index (Phi) is 3.76. The van der Waals surface area contributed by atoms with Crippen LogP contribution in [0.25, 0.3) is 0 Å². The Balaban J connectivity index is 2.61. The molecular weight excluding hydrogens is 184 g/mol. The van der Waals surface area contributed by atoms with E-state index in [1.807, 2.05) is 13.2 Å². The minimum Gasteiger partial charge on any atom is -0.318 e. The first-order chi connectivity index (χ1) is 6.10. The van der Waals surface area contributed by atoms with E-state index in [2.05, 4.69) is 5.32 Å². The molecule has 0 aromatic carbocycles. The van der Waals surface area contributed by atoms with Gasteiger partial charge in [-0.1, -0.05) is 0 Å². The Morgan fingerprint density at radius 3 is 2.85 bits per heavy atom. The number of carbonyl (C=O) groups excluding carboxylic acids is 1. The molecule has 1 aliphatic heterocycles. The van der Waals surface area contributed by atoms with E-state index in [-0.39, 0.29) is 11.0 Å². The molecule has 1 rings (SSSR count). The number of nitrogens with two attached hydrogens (primary N) is 1. The predicted octanol–water partition coefficient (Wildman–Crippen LogP) is 0.388. The van der Waals surface area contributed by atoms with Crippen LogP contribution in [0.3, 0.4) is 0 Å². The van der Waals surface area contributed by atoms with Crippen LogP contribution in [0.5, 0.6) is 0 Å². The van der Waals surface area contributed by atoms with E-state index >= 15 is 0 Å². The monoisotopic (exact) mass is 202 g/mol. The highest BCUT2D eigenvalue weighted by molar-refractivity contribution is 7.99. The fourth-order valence-electron chi connectivity index (χ4n) is 1.65. The summed E-state index contributed by atoms with van der Waals surface area (Å²) in [5, 5.41) is 3.20. The fraction of sp³-hybridized carbons (Fsp3) is 0.889. The molecular formula is C9H18N2OS. The summed E-state index contributed by atoms with van der Waals surface area (Å²) in [5.41, 5.74) is 5.44. The zero-order chi connectivity index (χ0) is 9.90. The Morgan fingerprint density at radius 2 is 2.38 bits per heavy atom. The van der Waals surface area contributed by atoms with Crippen molar-refractivity contribution in [3.63, 3.8) is 0 Å². The van der Waals surface area contributed by atoms with Gasteiger partial charge in [0, 0.05) is 6.54 Å². The zero-order valence-electron chi connectivity index (χ0n) is 8.30. The molecule has 4 heteroatoms. The number of hydrogen-bond acceptors (Lipinski definition) is 4. The highest BCUT2D eigenvalue weighted by atomic mass is 32.2. The molecule has 3 N–H and O–H groups in total. The summed E-state index contributed by atoms with van der Waals surface area (Å²) in [6.07, 6.45) is 3.77. The van der Waals surface area contributed by atoms with E-state index in [4.69, 9.17) is 5.73 Å². The SMILES string of the molecule is CSC(C)C(=O)C1(N)CCCNC1. The smallest absolute Gasteiger partial charge is 0.166 e. The lowest BCUT2D eigenvalue weighted by molar-refractivity contribution is -0.123. The molecule has 0 saturated carbocycles. The van der Waals surface area contributed by atoms with Gasteiger partial charge in [0.15, 0.2) is 5.78 Å². The van der Waals surface area contributed by atoms with Crippen molar-refractivity contribution in [1.82, 2.24) is 5.32 Å². The van der Waals surface area contributed by atoms with Gasteiger partial charge in [-0.05, 0) is 32.6 Å². The lowest BCUT2D eigenvalue weighted by Crippen LogP contribution is -2.60. The highest BCUT2D eigenvalue weighted by Gasteiger charge is 2.37. The molecule has 1 saturated heterocycles. The summed E-state index contributed by atoms with van der Waals surface area (Å²) in [6.45, 7) is 3.55. The molecule has 0 aliphatic carbocycles. The average molecular weight is 202 g/mol. The molecule has 1 aliphatic rings. The topological polar surface area (TPSA) is 55.1 Å². The summed E-state index contributed by atoms with van der Waals surface area (Å²) >= 11 is 1.57. The number of piperidine rings is 1. The number of carbonyl (C=O) groups is 1. The van der Waals surface area contributed by atoms with Crippen molar-refractivity contribution in [1.29, 1.82) is 0 Å². The van der Waals surface area contributed by atoms with Gasteiger partial charge in [0.05, 0.1) is 10.8 Å². The van der Waals surface area contributed by atoms with Crippen molar-refractivity contribution in [2.24, 2.45) is 5.73 Å². The first-order valence-electron chi connectivity index (χ1n) is 4.67. The Labute approximate surface area is 83.8 Å². The van der Waals surface area contributed by atoms with Gasteiger partial charge in [0.25, 0.3) is 0 Å². The van der Waals surface area contributed by atoms with Gasteiger partial charge >= 0.3 is 0 Å². The lowest BCUT2D eigenvalue weighted by Gasteiger charge is -2.34. The number of ketones is 1. The van der Waals surface area contributed by atoms with Crippen LogP contribution in [-0.2, 0) is 4.79 Å². The normalized spacial score (nSPS) is 31.3. The fourth-order valence-corrected chi connectivity index (χ4v) is 2.10. The summed E-state index contributed by atoms with van der Waals surface area (Å²) in [5.74, 6) is 0.187. The number of hydrogen-bond donors (Lipinski definition) is 2. The number of nitrogens with one attached hydrogen (secondary N) is 1. The second-order valence-corrected chi connectivity index (χ2v) is 4.86. The number of rotatable bonds is 3. The van der Waals surface area contributed by atoms with E-state index in [1.54, 1.807) is 11.8 Å². The van der Waals surface area contributed by atoms with E-state index in [9.17, 15) is 4.79 Å². The predicted molar refractivity (Wildman–Crippen MR) is 57.0 cm³/mol. The highest BCUT2D eigenvalue weighted by Crippen LogP contribution is 2.20. The first-order valence-corrected chi connectivity index (χ1v) is 5.95. The second kappa shape index (κ2) is 4.44. The van der Waals surface area contributed by atoms with Gasteiger partial charge in [-0.3, -0.25) is 4.79 Å². The van der Waals surface area contributed by atoms with Crippen molar-refractivity contribution < 1.29 is 4.79 Å². The van der Waals surface area contributed by atoms with Gasteiger partial charge < -0.3 is 11.1 Å². The molecule has 0 aromatic heterocycles. The standard InChI is InChI=1S/C9H18N2OS/c1-7(13-2)8(12)9(10)4-3-5-11-6-9/h7,11H,3-6,10H2,1-2H3. The molecule has 13 heavy (non-hydrogen) atoms. The molecule has 0 aromatic rings. The third-order valence-electron chi connectivity index (χ3n) is 2.63.